The SMILES string of the molecule is CCc1nc2ccccc2n1-c1ccc2c(c1)-c1ccccc1C21c2ccc(-c3nc(-c4ccccc4)nc(-c4ccccc4)n3)cc2-c2c1ccc1sc3cc(C#N)ccc3c21.CCc1nc2ccccc2n1-c1ccc2c(c1)-c1ccccc1C21c2ccccc2-c2c1ccc1sc3cc(C#N)c(-c4nc(-c5ccccc5)nc(-c5ccccc5)n4)cc3c21. The Morgan fingerprint density at radius 3 is 1.15 bits per heavy atom. The van der Waals surface area contributed by atoms with E-state index < -0.39 is 10.8 Å². The molecule has 14 heteroatoms. The molecular formula is C112H68N12S2. The second kappa shape index (κ2) is 28.2. The van der Waals surface area contributed by atoms with Gasteiger partial charge in [-0.25, -0.2) is 39.9 Å². The molecule has 12 nitrogen and oxygen atoms in total. The third-order valence-electron chi connectivity index (χ3n) is 26.1. The lowest BCUT2D eigenvalue weighted by atomic mass is 9.70. The van der Waals surface area contributed by atoms with Crippen molar-refractivity contribution in [3.8, 4) is 136 Å². The van der Waals surface area contributed by atoms with Gasteiger partial charge in [-0.1, -0.05) is 275 Å². The van der Waals surface area contributed by atoms with Crippen molar-refractivity contribution in [2.75, 3.05) is 0 Å². The predicted octanol–water partition coefficient (Wildman–Crippen LogP) is 26.7. The molecule has 0 N–H and O–H groups in total. The first-order valence-electron chi connectivity index (χ1n) is 42.5. The summed E-state index contributed by atoms with van der Waals surface area (Å²) < 4.78 is 9.16. The van der Waals surface area contributed by atoms with Crippen LogP contribution in [0.3, 0.4) is 0 Å². The lowest BCUT2D eigenvalue weighted by Gasteiger charge is -2.30. The molecule has 6 heterocycles. The summed E-state index contributed by atoms with van der Waals surface area (Å²) in [5, 5.41) is 25.3. The molecule has 588 valence electrons. The van der Waals surface area contributed by atoms with Crippen LogP contribution >= 0.6 is 22.7 Å². The van der Waals surface area contributed by atoms with Crippen LogP contribution in [0.5, 0.6) is 0 Å². The lowest BCUT2D eigenvalue weighted by Crippen LogP contribution is -2.25. The zero-order chi connectivity index (χ0) is 83.6. The molecule has 0 saturated carbocycles. The minimum absolute atomic E-state index is 0.469. The molecule has 26 rings (SSSR count). The summed E-state index contributed by atoms with van der Waals surface area (Å²) in [4.78, 5) is 40.5. The first kappa shape index (κ1) is 72.7. The Hall–Kier alpha value is -16.1. The molecule has 4 aliphatic rings. The van der Waals surface area contributed by atoms with Gasteiger partial charge < -0.3 is 0 Å². The molecular weight excluding hydrogens is 1580 g/mol. The zero-order valence-corrected chi connectivity index (χ0v) is 69.7. The first-order valence-corrected chi connectivity index (χ1v) is 44.1. The summed E-state index contributed by atoms with van der Waals surface area (Å²) in [7, 11) is 0. The average molecular weight is 1650 g/mol. The Morgan fingerprint density at radius 2 is 0.667 bits per heavy atom. The standard InChI is InChI=1S/2C56H34N6S/c1-2-50-58-46-23-13-14-24-47(46)62(50)36-25-26-44-40(30-36)37-19-9-11-21-42(37)56(44)43-22-12-10-20-38(43)51-45(56)27-28-48-52(51)41-31-39(35(32-57)29-49(41)63-48)55-60-53(33-15-5-3-6-16-33)59-54(61-55)34-17-7-4-8-18-34;1-2-50-58-46-19-11-12-20-47(46)62(50)37-23-26-43-40(31-37)38-17-9-10-18-42(38)56(43)44-25-22-36(55-60-53(34-13-5-3-6-14-34)59-54(61-55)35-15-7-4-8-16-35)30-41(44)51-45(56)27-28-48-52(51)39-24-21-33(32-57)29-49(39)63-48/h2*3-31H,2H2,1H3. The topological polar surface area (TPSA) is 161 Å². The largest absolute Gasteiger partial charge is 0.296 e. The van der Waals surface area contributed by atoms with Crippen LogP contribution in [0.1, 0.15) is 81.1 Å². The van der Waals surface area contributed by atoms with Crippen molar-refractivity contribution in [3.05, 3.63) is 419 Å². The quantitative estimate of drug-likeness (QED) is 0.129. The number of aryl methyl sites for hydroxylation is 2. The monoisotopic (exact) mass is 1640 g/mol. The molecule has 16 aromatic carbocycles. The van der Waals surface area contributed by atoms with Crippen LogP contribution in [-0.4, -0.2) is 49.0 Å². The van der Waals surface area contributed by atoms with Gasteiger partial charge in [0.05, 0.1) is 56.2 Å². The van der Waals surface area contributed by atoms with Gasteiger partial charge in [-0.15, -0.1) is 22.7 Å². The number of rotatable bonds is 10. The summed E-state index contributed by atoms with van der Waals surface area (Å²) in [6.45, 7) is 4.35. The maximum atomic E-state index is 10.7. The molecule has 126 heavy (non-hydrogen) atoms. The summed E-state index contributed by atoms with van der Waals surface area (Å²) in [6.07, 6.45) is 1.64. The fraction of sp³-hybridized carbons (Fsp3) is 0.0536. The highest BCUT2D eigenvalue weighted by atomic mass is 32.1. The van der Waals surface area contributed by atoms with Crippen LogP contribution in [-0.2, 0) is 23.7 Å². The summed E-state index contributed by atoms with van der Waals surface area (Å²) >= 11 is 3.48. The molecule has 2 atom stereocenters. The van der Waals surface area contributed by atoms with Crippen molar-refractivity contribution < 1.29 is 0 Å². The third kappa shape index (κ3) is 10.6. The number of imidazole rings is 2. The van der Waals surface area contributed by atoms with Gasteiger partial charge in [0.25, 0.3) is 0 Å². The number of nitrogens with zero attached hydrogens (tertiary/aromatic N) is 12. The normalized spacial score (nSPS) is 14.5. The molecule has 0 aliphatic heterocycles. The van der Waals surface area contributed by atoms with Gasteiger partial charge >= 0.3 is 0 Å². The predicted molar refractivity (Wildman–Crippen MR) is 508 cm³/mol. The molecule has 2 spiro atoms. The lowest BCUT2D eigenvalue weighted by molar-refractivity contribution is 0.793. The smallest absolute Gasteiger partial charge is 0.165 e. The minimum Gasteiger partial charge on any atom is -0.296 e. The van der Waals surface area contributed by atoms with Gasteiger partial charge in [-0.3, -0.25) is 9.13 Å². The van der Waals surface area contributed by atoms with E-state index >= 15 is 0 Å². The van der Waals surface area contributed by atoms with Crippen LogP contribution < -0.4 is 0 Å². The molecule has 0 saturated heterocycles. The molecule has 2 unspecified atom stereocenters. The van der Waals surface area contributed by atoms with Crippen LogP contribution in [0.4, 0.5) is 0 Å². The summed E-state index contributed by atoms with van der Waals surface area (Å²) in [5.41, 5.74) is 31.6. The van der Waals surface area contributed by atoms with Crippen molar-refractivity contribution in [3.63, 3.8) is 0 Å². The number of thiophene rings is 2. The number of para-hydroxylation sites is 4. The fourth-order valence-electron chi connectivity index (χ4n) is 20.9. The molecule has 4 aliphatic carbocycles. The highest BCUT2D eigenvalue weighted by Crippen LogP contribution is 2.67. The van der Waals surface area contributed by atoms with E-state index in [0.717, 1.165) is 111 Å². The Balaban J connectivity index is 0.000000137. The zero-order valence-electron chi connectivity index (χ0n) is 68.1. The van der Waals surface area contributed by atoms with Crippen molar-refractivity contribution in [2.24, 2.45) is 0 Å². The first-order chi connectivity index (χ1) is 62.2. The van der Waals surface area contributed by atoms with E-state index in [1.807, 2.05) is 140 Å². The van der Waals surface area contributed by atoms with E-state index in [1.165, 1.54) is 104 Å². The van der Waals surface area contributed by atoms with E-state index in [0.29, 0.717) is 51.6 Å². The molecule has 0 amide bonds. The van der Waals surface area contributed by atoms with Crippen LogP contribution in [0.25, 0.3) is 187 Å². The van der Waals surface area contributed by atoms with Crippen molar-refractivity contribution >= 4 is 85.1 Å². The Bertz CT molecular complexity index is 8370. The molecule has 22 aromatic rings. The Morgan fingerprint density at radius 1 is 0.278 bits per heavy atom. The Kier molecular flexibility index (Phi) is 16.3. The summed E-state index contributed by atoms with van der Waals surface area (Å²) in [5.74, 6) is 5.54. The number of aromatic nitrogens is 10. The maximum Gasteiger partial charge on any atom is 0.165 e. The van der Waals surface area contributed by atoms with E-state index in [9.17, 15) is 10.5 Å². The molecule has 0 bridgehead atoms. The van der Waals surface area contributed by atoms with Crippen LogP contribution in [0.2, 0.25) is 0 Å². The van der Waals surface area contributed by atoms with Crippen molar-refractivity contribution in [2.45, 2.75) is 37.5 Å². The van der Waals surface area contributed by atoms with E-state index in [4.69, 9.17) is 39.9 Å². The van der Waals surface area contributed by atoms with Gasteiger partial charge in [0.1, 0.15) is 11.6 Å². The number of hydrogen-bond acceptors (Lipinski definition) is 12. The second-order valence-corrected chi connectivity index (χ2v) is 34.8. The number of benzene rings is 16. The van der Waals surface area contributed by atoms with Gasteiger partial charge in [0.2, 0.25) is 0 Å². The second-order valence-electron chi connectivity index (χ2n) is 32.6. The van der Waals surface area contributed by atoms with Crippen molar-refractivity contribution in [1.82, 2.24) is 49.0 Å². The van der Waals surface area contributed by atoms with E-state index in [-0.39, 0.29) is 0 Å². The van der Waals surface area contributed by atoms with Crippen LogP contribution in [0, 0.1) is 22.7 Å². The molecule has 0 fully saturated rings. The van der Waals surface area contributed by atoms with Gasteiger partial charge in [-0.2, -0.15) is 10.5 Å². The average Bonchev–Trinajstić information content (AvgIpc) is 1.50. The molecule has 6 aromatic heterocycles. The number of nitriles is 2. The minimum atomic E-state index is -0.600. The maximum absolute atomic E-state index is 10.7. The van der Waals surface area contributed by atoms with E-state index in [2.05, 4.69) is 247 Å². The molecule has 0 radical (unpaired) electrons. The van der Waals surface area contributed by atoms with E-state index in [1.54, 1.807) is 22.7 Å². The Labute approximate surface area is 732 Å². The van der Waals surface area contributed by atoms with Crippen molar-refractivity contribution in [1.29, 1.82) is 10.5 Å². The van der Waals surface area contributed by atoms with Gasteiger partial charge in [0.15, 0.2) is 34.9 Å². The van der Waals surface area contributed by atoms with Gasteiger partial charge in [-0.05, 0) is 180 Å². The fourth-order valence-corrected chi connectivity index (χ4v) is 23.2. The summed E-state index contributed by atoms with van der Waals surface area (Å²) in [6, 6.07) is 129. The van der Waals surface area contributed by atoms with Crippen LogP contribution in [0.15, 0.2) is 352 Å². The number of hydrogen-bond donors (Lipinski definition) is 0. The third-order valence-corrected chi connectivity index (χ3v) is 28.4. The number of fused-ring (bicyclic) bond motifs is 30. The highest BCUT2D eigenvalue weighted by Gasteiger charge is 2.54. The highest BCUT2D eigenvalue weighted by molar-refractivity contribution is 7.26. The van der Waals surface area contributed by atoms with Gasteiger partial charge in [0, 0.05) is 97.9 Å².